The number of carbonyl (C=O) groups excluding carboxylic acids is 1. The lowest BCUT2D eigenvalue weighted by atomic mass is 9.73. The largest absolute Gasteiger partial charge is 0.508 e. The van der Waals surface area contributed by atoms with E-state index in [9.17, 15) is 36.2 Å². The minimum absolute atomic E-state index is 0.0331. The van der Waals surface area contributed by atoms with E-state index in [0.717, 1.165) is 6.42 Å². The maximum Gasteiger partial charge on any atom is 0.416 e. The topological polar surface area (TPSA) is 62.7 Å². The molecule has 3 fully saturated rings. The molecule has 2 aromatic carbocycles. The summed E-state index contributed by atoms with van der Waals surface area (Å²) >= 11 is 0. The number of nitrogens with zero attached hydrogens (tertiary/aromatic N) is 2. The molecule has 3 aliphatic rings. The lowest BCUT2D eigenvalue weighted by molar-refractivity contribution is -0.143. The zero-order valence-electron chi connectivity index (χ0n) is 20.5. The number of esters is 1. The Kier molecular flexibility index (Phi) is 6.82. The fourth-order valence-corrected chi connectivity index (χ4v) is 5.70. The molecule has 0 spiro atoms. The average molecular weight is 550 g/mol. The van der Waals surface area contributed by atoms with E-state index in [0.29, 0.717) is 48.1 Å². The van der Waals surface area contributed by atoms with Crippen molar-refractivity contribution in [3.63, 3.8) is 0 Å². The van der Waals surface area contributed by atoms with Gasteiger partial charge in [0.1, 0.15) is 11.9 Å². The molecule has 1 aromatic heterocycles. The van der Waals surface area contributed by atoms with Gasteiger partial charge in [0.25, 0.3) is 0 Å². The predicted molar refractivity (Wildman–Crippen MR) is 130 cm³/mol. The number of benzene rings is 2. The third-order valence-corrected chi connectivity index (χ3v) is 7.63. The summed E-state index contributed by atoms with van der Waals surface area (Å²) in [5.74, 6) is -0.954. The zero-order chi connectivity index (χ0) is 28.1. The molecule has 2 unspecified atom stereocenters. The van der Waals surface area contributed by atoms with Crippen molar-refractivity contribution >= 4 is 16.9 Å². The number of ether oxygens (including phenoxy) is 1. The number of piperidine rings is 3. The van der Waals surface area contributed by atoms with Crippen LogP contribution in [0, 0.1) is 11.8 Å². The van der Waals surface area contributed by atoms with Gasteiger partial charge in [-0.05, 0) is 73.7 Å². The molecule has 5 atom stereocenters. The molecule has 0 amide bonds. The molecule has 5 nitrogen and oxygen atoms in total. The monoisotopic (exact) mass is 550 g/mol. The summed E-state index contributed by atoms with van der Waals surface area (Å²) in [6.45, 7) is 5.21. The third kappa shape index (κ3) is 5.32. The number of alkyl halides is 6. The van der Waals surface area contributed by atoms with Crippen molar-refractivity contribution in [1.29, 1.82) is 0 Å². The van der Waals surface area contributed by atoms with Crippen molar-refractivity contribution in [2.75, 3.05) is 13.1 Å². The number of phenols is 1. The van der Waals surface area contributed by atoms with Gasteiger partial charge in [-0.1, -0.05) is 6.08 Å². The molecule has 3 aliphatic heterocycles. The highest BCUT2D eigenvalue weighted by atomic mass is 19.4. The number of rotatable bonds is 5. The zero-order valence-corrected chi connectivity index (χ0v) is 20.5. The smallest absolute Gasteiger partial charge is 0.416 e. The molecule has 39 heavy (non-hydrogen) atoms. The molecular formula is C28H24F6N2O3. The van der Waals surface area contributed by atoms with E-state index < -0.39 is 47.2 Å². The molecular weight excluding hydrogens is 526 g/mol. The Hall–Kier alpha value is -3.60. The van der Waals surface area contributed by atoms with Crippen LogP contribution in [0.1, 0.15) is 46.0 Å². The second-order valence-electron chi connectivity index (χ2n) is 9.97. The summed E-state index contributed by atoms with van der Waals surface area (Å²) in [6.07, 6.45) is -6.46. The standard InChI is InChI=1S/C28H24F6N2O3/c1-2-15-14-36-8-6-16(15)11-24(36)25(21-5-7-35-23-4-3-20(37)13-22(21)23)39-26(38)17-9-18(27(29,30)31)12-19(10-17)28(32,33)34/h2-5,7,9-10,12-13,15-16,24-25,37H,1,6,8,11,14H2/t15?,16-,24-,25+/m0/s1. The van der Waals surface area contributed by atoms with E-state index in [1.165, 1.54) is 18.3 Å². The quantitative estimate of drug-likeness (QED) is 0.216. The van der Waals surface area contributed by atoms with Crippen LogP contribution in [0.2, 0.25) is 0 Å². The number of aromatic hydroxyl groups is 1. The van der Waals surface area contributed by atoms with Gasteiger partial charge in [-0.3, -0.25) is 9.88 Å². The molecule has 3 aromatic rings. The van der Waals surface area contributed by atoms with Crippen LogP contribution in [-0.4, -0.2) is 40.1 Å². The Morgan fingerprint density at radius 3 is 2.36 bits per heavy atom. The SMILES string of the molecule is C=CC1CN2CC[C@H]1C[C@H]2[C@H](OC(=O)c1cc(C(F)(F)F)cc(C(F)(F)F)c1)c1ccnc2ccc(O)cc12. The first-order valence-electron chi connectivity index (χ1n) is 12.3. The second kappa shape index (κ2) is 9.86. The van der Waals surface area contributed by atoms with Crippen LogP contribution in [0.25, 0.3) is 10.9 Å². The number of pyridine rings is 1. The van der Waals surface area contributed by atoms with Crippen LogP contribution in [0.4, 0.5) is 26.3 Å². The van der Waals surface area contributed by atoms with Crippen molar-refractivity contribution in [3.05, 3.63) is 83.6 Å². The number of fused-ring (bicyclic) bond motifs is 4. The van der Waals surface area contributed by atoms with Gasteiger partial charge in [-0.2, -0.15) is 26.3 Å². The van der Waals surface area contributed by atoms with E-state index in [1.807, 2.05) is 6.08 Å². The fourth-order valence-electron chi connectivity index (χ4n) is 5.70. The van der Waals surface area contributed by atoms with Crippen molar-refractivity contribution in [3.8, 4) is 5.75 Å². The van der Waals surface area contributed by atoms with Crippen LogP contribution >= 0.6 is 0 Å². The fraction of sp³-hybridized carbons (Fsp3) is 0.357. The Bertz CT molecular complexity index is 1390. The van der Waals surface area contributed by atoms with Crippen molar-refractivity contribution in [1.82, 2.24) is 9.88 Å². The molecule has 0 saturated carbocycles. The third-order valence-electron chi connectivity index (χ3n) is 7.63. The molecule has 11 heteroatoms. The highest BCUT2D eigenvalue weighted by molar-refractivity contribution is 5.91. The van der Waals surface area contributed by atoms with Gasteiger partial charge in [0.05, 0.1) is 28.2 Å². The number of hydrogen-bond acceptors (Lipinski definition) is 5. The van der Waals surface area contributed by atoms with Gasteiger partial charge in [0, 0.05) is 23.7 Å². The Labute approximate surface area is 219 Å². The molecule has 0 radical (unpaired) electrons. The molecule has 6 rings (SSSR count). The van der Waals surface area contributed by atoms with Crippen molar-refractivity contribution < 1.29 is 41.0 Å². The lowest BCUT2D eigenvalue weighted by Crippen LogP contribution is -2.55. The predicted octanol–water partition coefficient (Wildman–Crippen LogP) is 6.77. The van der Waals surface area contributed by atoms with Gasteiger partial charge >= 0.3 is 18.3 Å². The molecule has 1 N–H and O–H groups in total. The summed E-state index contributed by atoms with van der Waals surface area (Å²) < 4.78 is 86.4. The summed E-state index contributed by atoms with van der Waals surface area (Å²) in [5.41, 5.74) is -3.14. The summed E-state index contributed by atoms with van der Waals surface area (Å²) in [5, 5.41) is 10.6. The summed E-state index contributed by atoms with van der Waals surface area (Å²) in [4.78, 5) is 19.7. The van der Waals surface area contributed by atoms with E-state index in [2.05, 4.69) is 16.5 Å². The number of carbonyl (C=O) groups is 1. The first-order valence-corrected chi connectivity index (χ1v) is 12.3. The van der Waals surface area contributed by atoms with Crippen LogP contribution in [0.5, 0.6) is 5.75 Å². The number of hydrogen-bond donors (Lipinski definition) is 1. The van der Waals surface area contributed by atoms with Gasteiger partial charge in [-0.25, -0.2) is 4.79 Å². The molecule has 3 saturated heterocycles. The first-order chi connectivity index (χ1) is 18.3. The van der Waals surface area contributed by atoms with E-state index >= 15 is 0 Å². The van der Waals surface area contributed by atoms with E-state index in [-0.39, 0.29) is 23.7 Å². The molecule has 2 bridgehead atoms. The van der Waals surface area contributed by atoms with Gasteiger partial charge < -0.3 is 9.84 Å². The average Bonchev–Trinajstić information content (AvgIpc) is 2.90. The summed E-state index contributed by atoms with van der Waals surface area (Å²) in [6, 6.07) is 6.32. The van der Waals surface area contributed by atoms with Gasteiger partial charge in [0.2, 0.25) is 0 Å². The van der Waals surface area contributed by atoms with E-state index in [4.69, 9.17) is 4.74 Å². The normalized spacial score (nSPS) is 23.9. The van der Waals surface area contributed by atoms with Crippen molar-refractivity contribution in [2.24, 2.45) is 11.8 Å². The highest BCUT2D eigenvalue weighted by Crippen LogP contribution is 2.44. The lowest BCUT2D eigenvalue weighted by Gasteiger charge is -2.51. The van der Waals surface area contributed by atoms with Crippen molar-refractivity contribution in [2.45, 2.75) is 37.3 Å². The Balaban J connectivity index is 1.59. The number of halogens is 6. The Morgan fingerprint density at radius 1 is 1.08 bits per heavy atom. The van der Waals surface area contributed by atoms with Crippen LogP contribution in [-0.2, 0) is 17.1 Å². The van der Waals surface area contributed by atoms with Crippen LogP contribution in [0.3, 0.4) is 0 Å². The van der Waals surface area contributed by atoms with Crippen LogP contribution < -0.4 is 0 Å². The molecule has 4 heterocycles. The minimum atomic E-state index is -5.11. The number of aromatic nitrogens is 1. The van der Waals surface area contributed by atoms with Gasteiger partial charge in [-0.15, -0.1) is 6.58 Å². The maximum absolute atomic E-state index is 13.4. The maximum atomic E-state index is 13.4. The highest BCUT2D eigenvalue weighted by Gasteiger charge is 2.45. The van der Waals surface area contributed by atoms with Gasteiger partial charge in [0.15, 0.2) is 0 Å². The van der Waals surface area contributed by atoms with Crippen LogP contribution in [0.15, 0.2) is 61.3 Å². The minimum Gasteiger partial charge on any atom is -0.508 e. The summed E-state index contributed by atoms with van der Waals surface area (Å²) in [7, 11) is 0. The van der Waals surface area contributed by atoms with E-state index in [1.54, 1.807) is 12.1 Å². The second-order valence-corrected chi connectivity index (χ2v) is 9.97. The number of phenolic OH excluding ortho intramolecular Hbond substituents is 1. The molecule has 206 valence electrons. The Morgan fingerprint density at radius 2 is 1.77 bits per heavy atom. The first kappa shape index (κ1) is 27.0. The molecule has 0 aliphatic carbocycles.